The van der Waals surface area contributed by atoms with Crippen molar-refractivity contribution in [3.8, 4) is 0 Å². The highest BCUT2D eigenvalue weighted by molar-refractivity contribution is 7.98. The first kappa shape index (κ1) is 21.1. The summed E-state index contributed by atoms with van der Waals surface area (Å²) in [5.41, 5.74) is 2.26. The summed E-state index contributed by atoms with van der Waals surface area (Å²) < 4.78 is 0. The van der Waals surface area contributed by atoms with Crippen LogP contribution in [0.25, 0.3) is 0 Å². The van der Waals surface area contributed by atoms with Crippen molar-refractivity contribution in [2.75, 3.05) is 10.6 Å². The summed E-state index contributed by atoms with van der Waals surface area (Å²) in [5.74, 6) is -1.11. The maximum Gasteiger partial charge on any atom is 0.257 e. The van der Waals surface area contributed by atoms with Gasteiger partial charge >= 0.3 is 0 Å². The molecule has 0 radical (unpaired) electrons. The standard InChI is InChI=1S/C22H19ClN4O3S/c1-12-6-8-14(9-7-12)24-20(29)15-10-17(28)25-19-18(15)21(30)27-22(26-19)31-11-13-4-2-3-5-16(13)23/h2-9,15H,10-11H2,1H3,(H,24,29)(H2,25,26,27,28,30). The highest BCUT2D eigenvalue weighted by Gasteiger charge is 2.34. The Kier molecular flexibility index (Phi) is 6.11. The number of aryl methyl sites for hydroxylation is 1. The average Bonchev–Trinajstić information content (AvgIpc) is 2.74. The van der Waals surface area contributed by atoms with E-state index in [2.05, 4.69) is 20.6 Å². The molecule has 0 spiro atoms. The van der Waals surface area contributed by atoms with E-state index in [1.807, 2.05) is 37.3 Å². The molecular formula is C22H19ClN4O3S. The van der Waals surface area contributed by atoms with Crippen molar-refractivity contribution in [1.29, 1.82) is 0 Å². The second kappa shape index (κ2) is 8.95. The van der Waals surface area contributed by atoms with Gasteiger partial charge < -0.3 is 15.6 Å². The van der Waals surface area contributed by atoms with Crippen LogP contribution < -0.4 is 16.2 Å². The van der Waals surface area contributed by atoms with Gasteiger partial charge in [-0.1, -0.05) is 59.3 Å². The van der Waals surface area contributed by atoms with Gasteiger partial charge in [0.15, 0.2) is 5.16 Å². The fraction of sp³-hybridized carbons (Fsp3) is 0.182. The number of benzene rings is 2. The number of carbonyl (C=O) groups is 2. The Morgan fingerprint density at radius 1 is 1.19 bits per heavy atom. The summed E-state index contributed by atoms with van der Waals surface area (Å²) in [4.78, 5) is 45.0. The number of nitrogens with zero attached hydrogens (tertiary/aromatic N) is 1. The Bertz CT molecular complexity index is 1210. The number of amides is 2. The molecule has 1 aliphatic heterocycles. The molecule has 3 N–H and O–H groups in total. The van der Waals surface area contributed by atoms with Crippen molar-refractivity contribution in [3.05, 3.63) is 80.6 Å². The van der Waals surface area contributed by atoms with Gasteiger partial charge in [0.2, 0.25) is 11.8 Å². The molecule has 1 atom stereocenters. The van der Waals surface area contributed by atoms with Crippen LogP contribution in [0.4, 0.5) is 11.5 Å². The van der Waals surface area contributed by atoms with Crippen molar-refractivity contribution in [2.24, 2.45) is 0 Å². The van der Waals surface area contributed by atoms with E-state index in [-0.39, 0.29) is 23.7 Å². The monoisotopic (exact) mass is 454 g/mol. The van der Waals surface area contributed by atoms with Gasteiger partial charge in [-0.15, -0.1) is 0 Å². The molecule has 0 fully saturated rings. The van der Waals surface area contributed by atoms with Crippen LogP contribution >= 0.6 is 23.4 Å². The summed E-state index contributed by atoms with van der Waals surface area (Å²) in [5, 5.41) is 6.35. The Hall–Kier alpha value is -3.10. The number of carbonyl (C=O) groups excluding carboxylic acids is 2. The number of rotatable bonds is 5. The molecule has 1 unspecified atom stereocenters. The number of aromatic nitrogens is 2. The number of H-pyrrole nitrogens is 1. The zero-order valence-electron chi connectivity index (χ0n) is 16.6. The maximum atomic E-state index is 12.9. The number of anilines is 2. The predicted octanol–water partition coefficient (Wildman–Crippen LogP) is 4.09. The van der Waals surface area contributed by atoms with Crippen molar-refractivity contribution in [2.45, 2.75) is 30.2 Å². The summed E-state index contributed by atoms with van der Waals surface area (Å²) in [6.45, 7) is 1.94. The summed E-state index contributed by atoms with van der Waals surface area (Å²) in [6, 6.07) is 14.7. The molecule has 0 bridgehead atoms. The van der Waals surface area contributed by atoms with Gasteiger partial charge in [0.05, 0.1) is 11.5 Å². The summed E-state index contributed by atoms with van der Waals surface area (Å²) in [6.07, 6.45) is -0.123. The number of nitrogens with one attached hydrogen (secondary N) is 3. The van der Waals surface area contributed by atoms with E-state index in [9.17, 15) is 14.4 Å². The van der Waals surface area contributed by atoms with Crippen LogP contribution in [0.5, 0.6) is 0 Å². The maximum absolute atomic E-state index is 12.9. The van der Waals surface area contributed by atoms with Crippen molar-refractivity contribution in [3.63, 3.8) is 0 Å². The Morgan fingerprint density at radius 2 is 1.94 bits per heavy atom. The van der Waals surface area contributed by atoms with Crippen molar-refractivity contribution < 1.29 is 9.59 Å². The van der Waals surface area contributed by atoms with Gasteiger partial charge in [-0.25, -0.2) is 4.98 Å². The van der Waals surface area contributed by atoms with Gasteiger partial charge in [0, 0.05) is 22.9 Å². The second-order valence-electron chi connectivity index (χ2n) is 7.17. The third kappa shape index (κ3) is 4.81. The lowest BCUT2D eigenvalue weighted by Crippen LogP contribution is -2.36. The van der Waals surface area contributed by atoms with Crippen LogP contribution in [0.15, 0.2) is 58.5 Å². The molecule has 1 aliphatic rings. The van der Waals surface area contributed by atoms with Gasteiger partial charge in [-0.2, -0.15) is 0 Å². The molecule has 9 heteroatoms. The first-order valence-electron chi connectivity index (χ1n) is 9.58. The molecule has 31 heavy (non-hydrogen) atoms. The molecule has 7 nitrogen and oxygen atoms in total. The summed E-state index contributed by atoms with van der Waals surface area (Å²) in [7, 11) is 0. The largest absolute Gasteiger partial charge is 0.326 e. The predicted molar refractivity (Wildman–Crippen MR) is 122 cm³/mol. The van der Waals surface area contributed by atoms with E-state index >= 15 is 0 Å². The van der Waals surface area contributed by atoms with Crippen molar-refractivity contribution in [1.82, 2.24) is 9.97 Å². The van der Waals surface area contributed by atoms with E-state index in [0.29, 0.717) is 21.6 Å². The number of thioether (sulfide) groups is 1. The SMILES string of the molecule is Cc1ccc(NC(=O)C2CC(=O)Nc3nc(SCc4ccccc4Cl)[nH]c(=O)c32)cc1. The molecule has 158 valence electrons. The fourth-order valence-corrected chi connectivity index (χ4v) is 4.42. The zero-order chi connectivity index (χ0) is 22.0. The zero-order valence-corrected chi connectivity index (χ0v) is 18.1. The molecule has 2 heterocycles. The number of hydrogen-bond acceptors (Lipinski definition) is 5. The minimum atomic E-state index is -0.927. The van der Waals surface area contributed by atoms with E-state index < -0.39 is 17.4 Å². The van der Waals surface area contributed by atoms with Crippen LogP contribution in [0.3, 0.4) is 0 Å². The number of hydrogen-bond donors (Lipinski definition) is 3. The molecule has 4 rings (SSSR count). The Morgan fingerprint density at radius 3 is 2.68 bits per heavy atom. The van der Waals surface area contributed by atoms with Gasteiger partial charge in [-0.3, -0.25) is 14.4 Å². The van der Waals surface area contributed by atoms with Crippen LogP contribution in [0.2, 0.25) is 5.02 Å². The Balaban J connectivity index is 1.58. The fourth-order valence-electron chi connectivity index (χ4n) is 3.27. The van der Waals surface area contributed by atoms with E-state index in [1.165, 1.54) is 11.8 Å². The molecule has 3 aromatic rings. The lowest BCUT2D eigenvalue weighted by Gasteiger charge is -2.23. The summed E-state index contributed by atoms with van der Waals surface area (Å²) >= 11 is 7.46. The van der Waals surface area contributed by atoms with Gasteiger partial charge in [0.1, 0.15) is 5.82 Å². The lowest BCUT2D eigenvalue weighted by atomic mass is 9.92. The van der Waals surface area contributed by atoms with Gasteiger partial charge in [-0.05, 0) is 30.7 Å². The van der Waals surface area contributed by atoms with E-state index in [4.69, 9.17) is 11.6 Å². The van der Waals surface area contributed by atoms with Gasteiger partial charge in [0.25, 0.3) is 5.56 Å². The Labute approximate surface area is 187 Å². The number of fused-ring (bicyclic) bond motifs is 1. The second-order valence-corrected chi connectivity index (χ2v) is 8.54. The van der Waals surface area contributed by atoms with Crippen LogP contribution in [-0.2, 0) is 15.3 Å². The smallest absolute Gasteiger partial charge is 0.257 e. The molecule has 0 aliphatic carbocycles. The van der Waals surface area contributed by atoms with Crippen LogP contribution in [0, 0.1) is 6.92 Å². The third-order valence-corrected chi connectivity index (χ3v) is 6.18. The topological polar surface area (TPSA) is 104 Å². The quantitative estimate of drug-likeness (QED) is 0.398. The molecule has 0 saturated carbocycles. The third-order valence-electron chi connectivity index (χ3n) is 4.89. The average molecular weight is 455 g/mol. The number of aromatic amines is 1. The minimum Gasteiger partial charge on any atom is -0.326 e. The minimum absolute atomic E-state index is 0.116. The molecule has 2 amide bonds. The van der Waals surface area contributed by atoms with Crippen LogP contribution in [0.1, 0.15) is 29.0 Å². The van der Waals surface area contributed by atoms with E-state index in [0.717, 1.165) is 11.1 Å². The lowest BCUT2D eigenvalue weighted by molar-refractivity contribution is -0.123. The molecule has 1 aromatic heterocycles. The molecule has 0 saturated heterocycles. The van der Waals surface area contributed by atoms with Crippen molar-refractivity contribution >= 4 is 46.7 Å². The first-order valence-corrected chi connectivity index (χ1v) is 10.9. The molecular weight excluding hydrogens is 436 g/mol. The number of halogens is 1. The molecule has 2 aromatic carbocycles. The highest BCUT2D eigenvalue weighted by atomic mass is 35.5. The van der Waals surface area contributed by atoms with E-state index in [1.54, 1.807) is 18.2 Å². The van der Waals surface area contributed by atoms with Crippen LogP contribution in [-0.4, -0.2) is 21.8 Å². The highest BCUT2D eigenvalue weighted by Crippen LogP contribution is 2.31. The first-order chi connectivity index (χ1) is 14.9. The normalized spacial score (nSPS) is 15.2.